The van der Waals surface area contributed by atoms with Gasteiger partial charge >= 0.3 is 5.97 Å². The van der Waals surface area contributed by atoms with Crippen molar-refractivity contribution in [2.24, 2.45) is 5.92 Å². The number of hydrogen-bond acceptors (Lipinski definition) is 4. The molecule has 1 fully saturated rings. The molecule has 5 nitrogen and oxygen atoms in total. The number of rotatable bonds is 6. The highest BCUT2D eigenvalue weighted by atomic mass is 16.5. The van der Waals surface area contributed by atoms with Gasteiger partial charge in [-0.1, -0.05) is 6.08 Å². The highest BCUT2D eigenvalue weighted by Crippen LogP contribution is 2.16. The highest BCUT2D eigenvalue weighted by molar-refractivity contribution is 5.81. The van der Waals surface area contributed by atoms with Crippen molar-refractivity contribution in [3.05, 3.63) is 12.2 Å². The lowest BCUT2D eigenvalue weighted by atomic mass is 9.97. The summed E-state index contributed by atoms with van der Waals surface area (Å²) in [6.07, 6.45) is 5.53. The topological polar surface area (TPSA) is 58.6 Å². The van der Waals surface area contributed by atoms with E-state index in [0.717, 1.165) is 39.0 Å². The van der Waals surface area contributed by atoms with Gasteiger partial charge in [-0.05, 0) is 38.8 Å². The first-order valence-electron chi connectivity index (χ1n) is 6.92. The summed E-state index contributed by atoms with van der Waals surface area (Å²) >= 11 is 0. The second-order valence-corrected chi connectivity index (χ2v) is 4.84. The van der Waals surface area contributed by atoms with Gasteiger partial charge in [0, 0.05) is 26.1 Å². The lowest BCUT2D eigenvalue weighted by molar-refractivity contribution is -0.137. The highest BCUT2D eigenvalue weighted by Gasteiger charge is 2.18. The molecule has 0 saturated carbocycles. The molecule has 1 aliphatic rings. The van der Waals surface area contributed by atoms with Crippen LogP contribution < -0.4 is 5.32 Å². The molecule has 0 aromatic carbocycles. The Morgan fingerprint density at radius 2 is 2.05 bits per heavy atom. The van der Waals surface area contributed by atoms with Crippen molar-refractivity contribution >= 4 is 11.9 Å². The molecule has 0 aromatic rings. The molecule has 1 saturated heterocycles. The Labute approximate surface area is 115 Å². The maximum absolute atomic E-state index is 11.1. The molecule has 0 aliphatic carbocycles. The van der Waals surface area contributed by atoms with Crippen LogP contribution in [0, 0.1) is 5.92 Å². The van der Waals surface area contributed by atoms with Gasteiger partial charge in [-0.2, -0.15) is 0 Å². The predicted octanol–water partition coefficient (Wildman–Crippen LogP) is 0.954. The average molecular weight is 268 g/mol. The van der Waals surface area contributed by atoms with E-state index in [0.29, 0.717) is 12.5 Å². The first-order chi connectivity index (χ1) is 9.11. The largest absolute Gasteiger partial charge is 0.463 e. The van der Waals surface area contributed by atoms with Gasteiger partial charge in [0.15, 0.2) is 0 Å². The summed E-state index contributed by atoms with van der Waals surface area (Å²) < 4.78 is 4.82. The normalized spacial score (nSPS) is 17.6. The summed E-state index contributed by atoms with van der Waals surface area (Å²) in [6, 6.07) is 0. The van der Waals surface area contributed by atoms with Gasteiger partial charge in [-0.25, -0.2) is 4.79 Å². The average Bonchev–Trinajstić information content (AvgIpc) is 2.38. The number of carbonyl (C=O) groups excluding carboxylic acids is 2. The molecular formula is C14H24N2O3. The van der Waals surface area contributed by atoms with Crippen LogP contribution >= 0.6 is 0 Å². The molecule has 1 amide bonds. The number of esters is 1. The van der Waals surface area contributed by atoms with E-state index in [1.54, 1.807) is 13.8 Å². The van der Waals surface area contributed by atoms with Crippen LogP contribution in [0.25, 0.3) is 0 Å². The van der Waals surface area contributed by atoms with Crippen molar-refractivity contribution in [2.45, 2.75) is 26.7 Å². The number of hydrogen-bond donors (Lipinski definition) is 1. The maximum atomic E-state index is 11.1. The third kappa shape index (κ3) is 6.96. The summed E-state index contributed by atoms with van der Waals surface area (Å²) in [4.78, 5) is 24.3. The summed E-state index contributed by atoms with van der Waals surface area (Å²) in [5.74, 6) is 0.344. The SMILES string of the molecule is CCOC(=O)/C=C/CN1CCC(CNC(C)=O)CC1. The van der Waals surface area contributed by atoms with Gasteiger partial charge in [0.1, 0.15) is 0 Å². The van der Waals surface area contributed by atoms with Crippen LogP contribution in [0.4, 0.5) is 0 Å². The van der Waals surface area contributed by atoms with Gasteiger partial charge in [-0.3, -0.25) is 9.69 Å². The number of carbonyl (C=O) groups is 2. The molecule has 0 radical (unpaired) electrons. The molecule has 19 heavy (non-hydrogen) atoms. The fraction of sp³-hybridized carbons (Fsp3) is 0.714. The molecule has 0 aromatic heterocycles. The molecule has 0 atom stereocenters. The number of piperidine rings is 1. The van der Waals surface area contributed by atoms with Crippen molar-refractivity contribution in [1.82, 2.24) is 10.2 Å². The number of amides is 1. The van der Waals surface area contributed by atoms with Crippen molar-refractivity contribution in [3.63, 3.8) is 0 Å². The zero-order chi connectivity index (χ0) is 14.1. The molecule has 1 aliphatic heterocycles. The van der Waals surface area contributed by atoms with E-state index in [-0.39, 0.29) is 11.9 Å². The van der Waals surface area contributed by atoms with Crippen molar-refractivity contribution in [2.75, 3.05) is 32.8 Å². The smallest absolute Gasteiger partial charge is 0.330 e. The minimum Gasteiger partial charge on any atom is -0.463 e. The molecule has 1 rings (SSSR count). The minimum atomic E-state index is -0.275. The predicted molar refractivity (Wildman–Crippen MR) is 73.6 cm³/mol. The second-order valence-electron chi connectivity index (χ2n) is 4.84. The summed E-state index contributed by atoms with van der Waals surface area (Å²) in [7, 11) is 0. The van der Waals surface area contributed by atoms with Crippen molar-refractivity contribution in [3.8, 4) is 0 Å². The van der Waals surface area contributed by atoms with Gasteiger partial charge in [0.05, 0.1) is 6.61 Å². The fourth-order valence-corrected chi connectivity index (χ4v) is 2.15. The Morgan fingerprint density at radius 1 is 1.37 bits per heavy atom. The first-order valence-corrected chi connectivity index (χ1v) is 6.92. The Kier molecular flexibility index (Phi) is 7.18. The van der Waals surface area contributed by atoms with Gasteiger partial charge in [-0.15, -0.1) is 0 Å². The molecule has 0 unspecified atom stereocenters. The van der Waals surface area contributed by atoms with Gasteiger partial charge in [0.2, 0.25) is 5.91 Å². The van der Waals surface area contributed by atoms with Crippen LogP contribution in [0.3, 0.4) is 0 Å². The van der Waals surface area contributed by atoms with E-state index < -0.39 is 0 Å². The molecule has 0 bridgehead atoms. The van der Waals surface area contributed by atoms with Crippen LogP contribution in [0.2, 0.25) is 0 Å². The van der Waals surface area contributed by atoms with E-state index in [4.69, 9.17) is 4.74 Å². The third-order valence-electron chi connectivity index (χ3n) is 3.25. The Morgan fingerprint density at radius 3 is 2.63 bits per heavy atom. The van der Waals surface area contributed by atoms with Crippen LogP contribution in [0.5, 0.6) is 0 Å². The van der Waals surface area contributed by atoms with E-state index in [1.807, 2.05) is 6.08 Å². The van der Waals surface area contributed by atoms with E-state index in [9.17, 15) is 9.59 Å². The minimum absolute atomic E-state index is 0.0415. The number of likely N-dealkylation sites (tertiary alicyclic amines) is 1. The van der Waals surface area contributed by atoms with Crippen LogP contribution in [-0.4, -0.2) is 49.6 Å². The van der Waals surface area contributed by atoms with Crippen LogP contribution in [0.15, 0.2) is 12.2 Å². The number of nitrogens with one attached hydrogen (secondary N) is 1. The molecule has 1 N–H and O–H groups in total. The second kappa shape index (κ2) is 8.69. The summed E-state index contributed by atoms with van der Waals surface area (Å²) in [5, 5.41) is 2.87. The zero-order valence-corrected chi connectivity index (χ0v) is 11.9. The lowest BCUT2D eigenvalue weighted by Crippen LogP contribution is -2.38. The summed E-state index contributed by atoms with van der Waals surface area (Å²) in [6.45, 7) is 7.35. The zero-order valence-electron chi connectivity index (χ0n) is 11.9. The fourth-order valence-electron chi connectivity index (χ4n) is 2.15. The van der Waals surface area contributed by atoms with Crippen molar-refractivity contribution in [1.29, 1.82) is 0 Å². The molecule has 108 valence electrons. The first kappa shape index (κ1) is 15.7. The molecule has 5 heteroatoms. The quantitative estimate of drug-likeness (QED) is 0.575. The molecule has 0 spiro atoms. The molecular weight excluding hydrogens is 244 g/mol. The number of ether oxygens (including phenoxy) is 1. The van der Waals surface area contributed by atoms with Crippen molar-refractivity contribution < 1.29 is 14.3 Å². The lowest BCUT2D eigenvalue weighted by Gasteiger charge is -2.31. The third-order valence-corrected chi connectivity index (χ3v) is 3.25. The molecule has 1 heterocycles. The van der Waals surface area contributed by atoms with Crippen LogP contribution in [-0.2, 0) is 14.3 Å². The van der Waals surface area contributed by atoms with Gasteiger partial charge < -0.3 is 10.1 Å². The number of nitrogens with zero attached hydrogens (tertiary/aromatic N) is 1. The van der Waals surface area contributed by atoms with E-state index >= 15 is 0 Å². The van der Waals surface area contributed by atoms with E-state index in [2.05, 4.69) is 10.2 Å². The summed E-state index contributed by atoms with van der Waals surface area (Å²) in [5.41, 5.74) is 0. The van der Waals surface area contributed by atoms with Gasteiger partial charge in [0.25, 0.3) is 0 Å². The maximum Gasteiger partial charge on any atom is 0.330 e. The van der Waals surface area contributed by atoms with E-state index in [1.165, 1.54) is 6.08 Å². The van der Waals surface area contributed by atoms with Crippen LogP contribution in [0.1, 0.15) is 26.7 Å². The Hall–Kier alpha value is -1.36. The standard InChI is InChI=1S/C14H24N2O3/c1-3-19-14(18)5-4-8-16-9-6-13(7-10-16)11-15-12(2)17/h4-5,13H,3,6-11H2,1-2H3,(H,15,17)/b5-4+. The monoisotopic (exact) mass is 268 g/mol. The Balaban J connectivity index is 2.16. The Bertz CT molecular complexity index is 321.